The lowest BCUT2D eigenvalue weighted by molar-refractivity contribution is 0.868. The molecule has 2 aromatic rings. The second-order valence-electron chi connectivity index (χ2n) is 4.63. The summed E-state index contributed by atoms with van der Waals surface area (Å²) >= 11 is 6.29. The van der Waals surface area contributed by atoms with E-state index < -0.39 is 0 Å². The molecule has 0 aliphatic heterocycles. The standard InChI is InChI=1S/C14H16ClN/c1-8(2)11-6-12-9(3)5-10(4)16-14(12)13(15)7-11/h5-8H,1-4H3. The van der Waals surface area contributed by atoms with E-state index in [-0.39, 0.29) is 0 Å². The van der Waals surface area contributed by atoms with Crippen LogP contribution in [0.25, 0.3) is 10.9 Å². The fourth-order valence-electron chi connectivity index (χ4n) is 1.97. The van der Waals surface area contributed by atoms with Crippen molar-refractivity contribution in [3.8, 4) is 0 Å². The average molecular weight is 234 g/mol. The molecule has 0 unspecified atom stereocenters. The summed E-state index contributed by atoms with van der Waals surface area (Å²) in [6.07, 6.45) is 0. The normalized spacial score (nSPS) is 11.4. The number of pyridine rings is 1. The van der Waals surface area contributed by atoms with Gasteiger partial charge in [0.05, 0.1) is 10.5 Å². The molecule has 0 aliphatic rings. The summed E-state index contributed by atoms with van der Waals surface area (Å²) in [6.45, 7) is 8.46. The van der Waals surface area contributed by atoms with Crippen molar-refractivity contribution < 1.29 is 0 Å². The van der Waals surface area contributed by atoms with Gasteiger partial charge >= 0.3 is 0 Å². The molecule has 1 heterocycles. The van der Waals surface area contributed by atoms with Crippen LogP contribution in [0, 0.1) is 13.8 Å². The van der Waals surface area contributed by atoms with Gasteiger partial charge in [-0.05, 0) is 49.1 Å². The van der Waals surface area contributed by atoms with Crippen LogP contribution in [0.1, 0.15) is 36.6 Å². The van der Waals surface area contributed by atoms with Gasteiger partial charge in [0.15, 0.2) is 0 Å². The van der Waals surface area contributed by atoms with Gasteiger partial charge in [-0.15, -0.1) is 0 Å². The Bertz CT molecular complexity index is 544. The summed E-state index contributed by atoms with van der Waals surface area (Å²) in [5, 5.41) is 1.93. The lowest BCUT2D eigenvalue weighted by atomic mass is 9.99. The second kappa shape index (κ2) is 4.06. The van der Waals surface area contributed by atoms with Crippen LogP contribution in [0.5, 0.6) is 0 Å². The lowest BCUT2D eigenvalue weighted by Gasteiger charge is -2.11. The van der Waals surface area contributed by atoms with Gasteiger partial charge in [-0.3, -0.25) is 4.98 Å². The van der Waals surface area contributed by atoms with Gasteiger partial charge in [0.25, 0.3) is 0 Å². The predicted octanol–water partition coefficient (Wildman–Crippen LogP) is 4.63. The minimum Gasteiger partial charge on any atom is -0.252 e. The SMILES string of the molecule is Cc1cc(C)c2cc(C(C)C)cc(Cl)c2n1. The Morgan fingerprint density at radius 2 is 1.81 bits per heavy atom. The van der Waals surface area contributed by atoms with E-state index in [1.807, 2.05) is 13.0 Å². The molecule has 0 amide bonds. The first-order chi connectivity index (χ1) is 7.49. The van der Waals surface area contributed by atoms with E-state index in [0.717, 1.165) is 16.2 Å². The maximum Gasteiger partial charge on any atom is 0.0894 e. The first kappa shape index (κ1) is 11.4. The Labute approximate surface area is 101 Å². The number of fused-ring (bicyclic) bond motifs is 1. The highest BCUT2D eigenvalue weighted by atomic mass is 35.5. The quantitative estimate of drug-likeness (QED) is 0.700. The van der Waals surface area contributed by atoms with E-state index in [9.17, 15) is 0 Å². The van der Waals surface area contributed by atoms with Crippen molar-refractivity contribution in [2.45, 2.75) is 33.6 Å². The van der Waals surface area contributed by atoms with Gasteiger partial charge in [0.2, 0.25) is 0 Å². The fraction of sp³-hybridized carbons (Fsp3) is 0.357. The van der Waals surface area contributed by atoms with E-state index in [1.54, 1.807) is 0 Å². The summed E-state index contributed by atoms with van der Waals surface area (Å²) in [6, 6.07) is 6.33. The van der Waals surface area contributed by atoms with Crippen LogP contribution in [0.4, 0.5) is 0 Å². The third-order valence-electron chi connectivity index (χ3n) is 2.89. The molecular formula is C14H16ClN. The Hall–Kier alpha value is -1.08. The Morgan fingerprint density at radius 1 is 1.12 bits per heavy atom. The molecule has 0 spiro atoms. The molecule has 16 heavy (non-hydrogen) atoms. The highest BCUT2D eigenvalue weighted by molar-refractivity contribution is 6.35. The number of aryl methyl sites for hydroxylation is 2. The largest absolute Gasteiger partial charge is 0.252 e. The molecule has 0 bridgehead atoms. The molecule has 1 aromatic carbocycles. The summed E-state index contributed by atoms with van der Waals surface area (Å²) in [7, 11) is 0. The maximum absolute atomic E-state index is 6.29. The van der Waals surface area contributed by atoms with Crippen LogP contribution in [0.2, 0.25) is 5.02 Å². The van der Waals surface area contributed by atoms with Gasteiger partial charge < -0.3 is 0 Å². The van der Waals surface area contributed by atoms with Crippen LogP contribution in [0.15, 0.2) is 18.2 Å². The minimum atomic E-state index is 0.489. The van der Waals surface area contributed by atoms with E-state index in [0.29, 0.717) is 5.92 Å². The zero-order valence-electron chi connectivity index (χ0n) is 10.1. The molecule has 0 aliphatic carbocycles. The van der Waals surface area contributed by atoms with Crippen molar-refractivity contribution in [3.05, 3.63) is 40.0 Å². The molecule has 0 fully saturated rings. The van der Waals surface area contributed by atoms with Crippen LogP contribution in [-0.4, -0.2) is 4.98 Å². The smallest absolute Gasteiger partial charge is 0.0894 e. The summed E-state index contributed by atoms with van der Waals surface area (Å²) in [5.74, 6) is 0.489. The van der Waals surface area contributed by atoms with E-state index in [4.69, 9.17) is 11.6 Å². The van der Waals surface area contributed by atoms with Crippen LogP contribution in [0.3, 0.4) is 0 Å². The maximum atomic E-state index is 6.29. The Balaban J connectivity index is 2.82. The number of aromatic nitrogens is 1. The molecule has 0 atom stereocenters. The molecular weight excluding hydrogens is 218 g/mol. The minimum absolute atomic E-state index is 0.489. The first-order valence-electron chi connectivity index (χ1n) is 5.56. The van der Waals surface area contributed by atoms with Gasteiger partial charge in [0, 0.05) is 11.1 Å². The molecule has 0 saturated carbocycles. The van der Waals surface area contributed by atoms with Gasteiger partial charge in [-0.1, -0.05) is 25.4 Å². The highest BCUT2D eigenvalue weighted by Crippen LogP contribution is 2.29. The van der Waals surface area contributed by atoms with Crippen molar-refractivity contribution in [1.29, 1.82) is 0 Å². The predicted molar refractivity (Wildman–Crippen MR) is 70.3 cm³/mol. The fourth-order valence-corrected chi connectivity index (χ4v) is 2.24. The first-order valence-corrected chi connectivity index (χ1v) is 5.94. The van der Waals surface area contributed by atoms with Crippen LogP contribution >= 0.6 is 11.6 Å². The summed E-state index contributed by atoms with van der Waals surface area (Å²) in [4.78, 5) is 4.50. The van der Waals surface area contributed by atoms with Crippen molar-refractivity contribution in [1.82, 2.24) is 4.98 Å². The summed E-state index contributed by atoms with van der Waals surface area (Å²) in [5.41, 5.74) is 4.45. The van der Waals surface area contributed by atoms with E-state index >= 15 is 0 Å². The number of benzene rings is 1. The van der Waals surface area contributed by atoms with Gasteiger partial charge in [0.1, 0.15) is 0 Å². The van der Waals surface area contributed by atoms with Crippen LogP contribution in [-0.2, 0) is 0 Å². The molecule has 0 radical (unpaired) electrons. The second-order valence-corrected chi connectivity index (χ2v) is 5.04. The van der Waals surface area contributed by atoms with Gasteiger partial charge in [-0.2, -0.15) is 0 Å². The van der Waals surface area contributed by atoms with Crippen molar-refractivity contribution in [2.75, 3.05) is 0 Å². The number of halogens is 1. The molecule has 2 heteroatoms. The average Bonchev–Trinajstić information content (AvgIpc) is 2.19. The van der Waals surface area contributed by atoms with Crippen molar-refractivity contribution in [3.63, 3.8) is 0 Å². The van der Waals surface area contributed by atoms with Crippen molar-refractivity contribution in [2.24, 2.45) is 0 Å². The molecule has 84 valence electrons. The Morgan fingerprint density at radius 3 is 2.44 bits per heavy atom. The lowest BCUT2D eigenvalue weighted by Crippen LogP contribution is -1.93. The highest BCUT2D eigenvalue weighted by Gasteiger charge is 2.08. The zero-order valence-corrected chi connectivity index (χ0v) is 10.9. The number of rotatable bonds is 1. The summed E-state index contributed by atoms with van der Waals surface area (Å²) < 4.78 is 0. The zero-order chi connectivity index (χ0) is 11.9. The Kier molecular flexibility index (Phi) is 2.90. The molecule has 0 saturated heterocycles. The monoisotopic (exact) mass is 233 g/mol. The molecule has 2 rings (SSSR count). The topological polar surface area (TPSA) is 12.9 Å². The third kappa shape index (κ3) is 1.92. The number of nitrogens with zero attached hydrogens (tertiary/aromatic N) is 1. The van der Waals surface area contributed by atoms with Gasteiger partial charge in [-0.25, -0.2) is 0 Å². The molecule has 1 nitrogen and oxygen atoms in total. The number of hydrogen-bond acceptors (Lipinski definition) is 1. The van der Waals surface area contributed by atoms with Crippen molar-refractivity contribution >= 4 is 22.5 Å². The van der Waals surface area contributed by atoms with E-state index in [2.05, 4.69) is 37.9 Å². The van der Waals surface area contributed by atoms with E-state index in [1.165, 1.54) is 16.5 Å². The number of hydrogen-bond donors (Lipinski definition) is 0. The third-order valence-corrected chi connectivity index (χ3v) is 3.18. The molecule has 0 N–H and O–H groups in total. The molecule has 1 aromatic heterocycles. The van der Waals surface area contributed by atoms with Crippen LogP contribution < -0.4 is 0 Å².